The number of aliphatic carboxylic acids is 1. The van der Waals surface area contributed by atoms with Crippen molar-refractivity contribution in [2.75, 3.05) is 45.2 Å². The SMILES string of the molecule is COc1cc2c3c(c(NCC4CC4)nc2cc1OCCCN1CCCC1)CCC3.O=C(O)C(F)(F)F. The Labute approximate surface area is 209 Å². The van der Waals surface area contributed by atoms with Crippen molar-refractivity contribution in [3.05, 3.63) is 23.3 Å². The lowest BCUT2D eigenvalue weighted by atomic mass is 10.0. The van der Waals surface area contributed by atoms with E-state index in [2.05, 4.69) is 22.3 Å². The lowest BCUT2D eigenvalue weighted by molar-refractivity contribution is -0.192. The van der Waals surface area contributed by atoms with Crippen LogP contribution in [-0.2, 0) is 17.6 Å². The average Bonchev–Trinajstić information content (AvgIpc) is 3.29. The van der Waals surface area contributed by atoms with Crippen molar-refractivity contribution in [1.82, 2.24) is 9.88 Å². The molecule has 1 aromatic heterocycles. The van der Waals surface area contributed by atoms with Crippen LogP contribution < -0.4 is 14.8 Å². The number of halogens is 3. The molecule has 198 valence electrons. The van der Waals surface area contributed by atoms with E-state index in [1.54, 1.807) is 7.11 Å². The summed E-state index contributed by atoms with van der Waals surface area (Å²) in [6.45, 7) is 5.38. The fourth-order valence-electron chi connectivity index (χ4n) is 4.83. The summed E-state index contributed by atoms with van der Waals surface area (Å²) >= 11 is 0. The van der Waals surface area contributed by atoms with Crippen molar-refractivity contribution in [3.63, 3.8) is 0 Å². The Bertz CT molecular complexity index is 1070. The number of carbonyl (C=O) groups is 1. The van der Waals surface area contributed by atoms with Crippen molar-refractivity contribution in [3.8, 4) is 11.5 Å². The van der Waals surface area contributed by atoms with E-state index in [9.17, 15) is 13.2 Å². The number of rotatable bonds is 9. The number of pyridine rings is 1. The first-order valence-corrected chi connectivity index (χ1v) is 12.7. The molecule has 36 heavy (non-hydrogen) atoms. The highest BCUT2D eigenvalue weighted by Gasteiger charge is 2.38. The zero-order valence-corrected chi connectivity index (χ0v) is 20.6. The Balaban J connectivity index is 0.000000384. The second-order valence-electron chi connectivity index (χ2n) is 9.67. The van der Waals surface area contributed by atoms with Crippen LogP contribution in [-0.4, -0.2) is 67.0 Å². The number of carboxylic acid groups (broad SMARTS) is 1. The van der Waals surface area contributed by atoms with Crippen LogP contribution in [0.4, 0.5) is 19.0 Å². The van der Waals surface area contributed by atoms with E-state index in [-0.39, 0.29) is 0 Å². The van der Waals surface area contributed by atoms with Crippen LogP contribution in [0.3, 0.4) is 0 Å². The predicted octanol–water partition coefficient (Wildman–Crippen LogP) is 5.05. The maximum Gasteiger partial charge on any atom is 0.490 e. The Hall–Kier alpha value is -2.75. The fourth-order valence-corrected chi connectivity index (χ4v) is 4.83. The molecule has 1 aromatic carbocycles. The zero-order chi connectivity index (χ0) is 25.7. The first-order chi connectivity index (χ1) is 17.3. The Morgan fingerprint density at radius 2 is 1.83 bits per heavy atom. The molecule has 1 saturated carbocycles. The third-order valence-electron chi connectivity index (χ3n) is 6.92. The summed E-state index contributed by atoms with van der Waals surface area (Å²) in [6, 6.07) is 4.23. The van der Waals surface area contributed by atoms with Gasteiger partial charge in [-0.1, -0.05) is 0 Å². The fraction of sp³-hybridized carbons (Fsp3) is 0.615. The van der Waals surface area contributed by atoms with Gasteiger partial charge in [0.15, 0.2) is 11.5 Å². The van der Waals surface area contributed by atoms with Crippen molar-refractivity contribution in [2.24, 2.45) is 5.92 Å². The number of nitrogens with one attached hydrogen (secondary N) is 1. The molecule has 10 heteroatoms. The number of nitrogens with zero attached hydrogens (tertiary/aromatic N) is 2. The Kier molecular flexibility index (Phi) is 8.43. The lowest BCUT2D eigenvalue weighted by Gasteiger charge is -2.17. The molecule has 2 aromatic rings. The van der Waals surface area contributed by atoms with E-state index < -0.39 is 12.1 Å². The van der Waals surface area contributed by atoms with Crippen molar-refractivity contribution >= 4 is 22.7 Å². The quantitative estimate of drug-likeness (QED) is 0.458. The monoisotopic (exact) mass is 509 g/mol. The summed E-state index contributed by atoms with van der Waals surface area (Å²) in [6.07, 6.45) is 4.83. The summed E-state index contributed by atoms with van der Waals surface area (Å²) in [5.74, 6) is 0.831. The third-order valence-corrected chi connectivity index (χ3v) is 6.92. The summed E-state index contributed by atoms with van der Waals surface area (Å²) in [4.78, 5) is 16.4. The molecule has 3 aliphatic rings. The van der Waals surface area contributed by atoms with Crippen LogP contribution in [0, 0.1) is 5.92 Å². The van der Waals surface area contributed by atoms with E-state index in [0.717, 1.165) is 67.7 Å². The third kappa shape index (κ3) is 6.72. The topological polar surface area (TPSA) is 83.9 Å². The van der Waals surface area contributed by atoms with E-state index >= 15 is 0 Å². The number of aryl methyl sites for hydroxylation is 1. The number of anilines is 1. The maximum atomic E-state index is 10.6. The molecular weight excluding hydrogens is 475 g/mol. The van der Waals surface area contributed by atoms with Gasteiger partial charge in [-0.2, -0.15) is 13.2 Å². The first kappa shape index (κ1) is 26.3. The molecule has 0 bridgehead atoms. The minimum absolute atomic E-state index is 0.718. The van der Waals surface area contributed by atoms with Gasteiger partial charge in [0, 0.05) is 24.5 Å². The van der Waals surface area contributed by atoms with Gasteiger partial charge in [-0.25, -0.2) is 9.78 Å². The minimum Gasteiger partial charge on any atom is -0.493 e. The highest BCUT2D eigenvalue weighted by molar-refractivity contribution is 5.89. The smallest absolute Gasteiger partial charge is 0.490 e. The summed E-state index contributed by atoms with van der Waals surface area (Å²) in [5.41, 5.74) is 3.89. The lowest BCUT2D eigenvalue weighted by Crippen LogP contribution is -2.21. The number of alkyl halides is 3. The second-order valence-corrected chi connectivity index (χ2v) is 9.67. The van der Waals surface area contributed by atoms with Crippen LogP contribution in [0.2, 0.25) is 0 Å². The number of benzene rings is 1. The number of hydrogen-bond acceptors (Lipinski definition) is 6. The van der Waals surface area contributed by atoms with Gasteiger partial charge in [0.2, 0.25) is 0 Å². The Morgan fingerprint density at radius 1 is 1.14 bits per heavy atom. The number of likely N-dealkylation sites (tertiary alicyclic amines) is 1. The van der Waals surface area contributed by atoms with Gasteiger partial charge in [-0.05, 0) is 87.6 Å². The molecule has 2 fully saturated rings. The molecular formula is C26H34F3N3O4. The van der Waals surface area contributed by atoms with Crippen LogP contribution >= 0.6 is 0 Å². The highest BCUT2D eigenvalue weighted by atomic mass is 19.4. The van der Waals surface area contributed by atoms with Gasteiger partial charge in [-0.3, -0.25) is 0 Å². The molecule has 2 heterocycles. The van der Waals surface area contributed by atoms with Gasteiger partial charge in [0.1, 0.15) is 5.82 Å². The molecule has 7 nitrogen and oxygen atoms in total. The normalized spacial score (nSPS) is 17.4. The standard InChI is InChI=1S/C24H33N3O2.C2HF3O2/c1-28-22-14-20-18-6-4-7-19(18)24(25-16-17-8-9-17)26-21(20)15-23(22)29-13-5-12-27-10-2-3-11-27;3-2(4,5)1(6)7/h14-15,17H,2-13,16H2,1H3,(H,25,26);(H,6,7). The van der Waals surface area contributed by atoms with Gasteiger partial charge >= 0.3 is 12.1 Å². The summed E-state index contributed by atoms with van der Waals surface area (Å²) < 4.78 is 43.6. The number of aromatic nitrogens is 1. The minimum atomic E-state index is -5.08. The molecule has 0 atom stereocenters. The molecule has 0 amide bonds. The van der Waals surface area contributed by atoms with Gasteiger partial charge < -0.3 is 24.8 Å². The van der Waals surface area contributed by atoms with Crippen LogP contribution in [0.5, 0.6) is 11.5 Å². The van der Waals surface area contributed by atoms with E-state index in [1.807, 2.05) is 0 Å². The number of carboxylic acids is 1. The highest BCUT2D eigenvalue weighted by Crippen LogP contribution is 2.39. The molecule has 0 spiro atoms. The maximum absolute atomic E-state index is 10.6. The molecule has 1 saturated heterocycles. The van der Waals surface area contributed by atoms with Crippen LogP contribution in [0.25, 0.3) is 10.9 Å². The van der Waals surface area contributed by atoms with Crippen molar-refractivity contribution < 1.29 is 32.5 Å². The van der Waals surface area contributed by atoms with Crippen molar-refractivity contribution in [1.29, 1.82) is 0 Å². The molecule has 2 N–H and O–H groups in total. The first-order valence-electron chi connectivity index (χ1n) is 12.7. The number of ether oxygens (including phenoxy) is 2. The molecule has 5 rings (SSSR count). The van der Waals surface area contributed by atoms with Crippen LogP contribution in [0.1, 0.15) is 49.7 Å². The summed E-state index contributed by atoms with van der Waals surface area (Å²) in [7, 11) is 1.73. The van der Waals surface area contributed by atoms with E-state index in [4.69, 9.17) is 24.4 Å². The number of hydrogen-bond donors (Lipinski definition) is 2. The molecule has 0 radical (unpaired) electrons. The average molecular weight is 510 g/mol. The van der Waals surface area contributed by atoms with Gasteiger partial charge in [0.05, 0.1) is 19.2 Å². The Morgan fingerprint density at radius 3 is 2.47 bits per heavy atom. The van der Waals surface area contributed by atoms with Crippen molar-refractivity contribution in [2.45, 2.75) is 57.5 Å². The second kappa shape index (κ2) is 11.5. The van der Waals surface area contributed by atoms with Crippen LogP contribution in [0.15, 0.2) is 12.1 Å². The molecule has 0 unspecified atom stereocenters. The van der Waals surface area contributed by atoms with E-state index in [0.29, 0.717) is 0 Å². The van der Waals surface area contributed by atoms with Gasteiger partial charge in [0.25, 0.3) is 0 Å². The predicted molar refractivity (Wildman–Crippen MR) is 131 cm³/mol. The number of methoxy groups -OCH3 is 1. The zero-order valence-electron chi connectivity index (χ0n) is 20.6. The van der Waals surface area contributed by atoms with Gasteiger partial charge in [-0.15, -0.1) is 0 Å². The molecule has 2 aliphatic carbocycles. The summed E-state index contributed by atoms with van der Waals surface area (Å²) in [5, 5.41) is 12.0. The number of fused-ring (bicyclic) bond motifs is 3. The largest absolute Gasteiger partial charge is 0.493 e. The molecule has 1 aliphatic heterocycles. The van der Waals surface area contributed by atoms with E-state index in [1.165, 1.54) is 61.7 Å².